The van der Waals surface area contributed by atoms with E-state index in [2.05, 4.69) is 27.7 Å². The summed E-state index contributed by atoms with van der Waals surface area (Å²) in [7, 11) is 0. The Kier molecular flexibility index (Phi) is 136. The van der Waals surface area contributed by atoms with Crippen LogP contribution in [0.1, 0.15) is 195 Å². The molecule has 0 aromatic heterocycles. The molecule has 2 atom stereocenters. The first-order chi connectivity index (χ1) is 44.4. The van der Waals surface area contributed by atoms with Gasteiger partial charge in [-0.05, 0) is 25.7 Å². The maximum Gasteiger partial charge on any atom is 0.100 e. The first-order valence-corrected chi connectivity index (χ1v) is 33.0. The fourth-order valence-corrected chi connectivity index (χ4v) is 5.67. The summed E-state index contributed by atoms with van der Waals surface area (Å²) >= 11 is 0. The van der Waals surface area contributed by atoms with Gasteiger partial charge in [0.25, 0.3) is 0 Å². The summed E-state index contributed by atoms with van der Waals surface area (Å²) in [6, 6.07) is 0. The van der Waals surface area contributed by atoms with E-state index < -0.39 is 61.0 Å². The van der Waals surface area contributed by atoms with E-state index in [1.54, 1.807) is 0 Å². The smallest absolute Gasteiger partial charge is 0.100 e. The van der Waals surface area contributed by atoms with Crippen LogP contribution in [0.3, 0.4) is 0 Å². The minimum atomic E-state index is -0.954. The van der Waals surface area contributed by atoms with Crippen LogP contribution >= 0.6 is 0 Å². The van der Waals surface area contributed by atoms with E-state index in [1.165, 1.54) is 167 Å². The maximum absolute atomic E-state index is 8.17. The quantitative estimate of drug-likeness (QED) is 0.0255. The van der Waals surface area contributed by atoms with Crippen molar-refractivity contribution >= 4 is 0 Å². The van der Waals surface area contributed by atoms with Gasteiger partial charge in [0.1, 0.15) is 61.0 Å². The SMILES string of the molecule is CCCCCCCCCC(CCCCCC)OC(CCCCCC)CCCCCCCCC.OCC(O)CO.OCC(O)CO.OCC(O)CO.OCC(O)CO.OCC(O)CO.OCC(O)CO.OCC(O)CO.OCC(O)CO.OCC(O)CO.OCC(O)CO. The molecule has 0 amide bonds. The normalized spacial score (nSPS) is 11.2. The van der Waals surface area contributed by atoms with Crippen molar-refractivity contribution < 1.29 is 158 Å². The second-order valence-electron chi connectivity index (χ2n) is 21.1. The van der Waals surface area contributed by atoms with E-state index in [0.29, 0.717) is 12.2 Å². The van der Waals surface area contributed by atoms with Gasteiger partial charge in [0.2, 0.25) is 0 Å². The van der Waals surface area contributed by atoms with Crippen LogP contribution in [0.15, 0.2) is 0 Å². The highest BCUT2D eigenvalue weighted by Gasteiger charge is 2.17. The van der Waals surface area contributed by atoms with Crippen LogP contribution in [-0.2, 0) is 4.74 Å². The first-order valence-electron chi connectivity index (χ1n) is 33.0. The minimum absolute atomic E-state index is 0.365. The Morgan fingerprint density at radius 2 is 0.258 bits per heavy atom. The van der Waals surface area contributed by atoms with Crippen molar-refractivity contribution in [3.05, 3.63) is 0 Å². The second kappa shape index (κ2) is 109. The summed E-state index contributed by atoms with van der Waals surface area (Å²) in [6.07, 6.45) is 27.5. The number of aliphatic hydroxyl groups is 30. The second-order valence-corrected chi connectivity index (χ2v) is 21.1. The molecule has 0 radical (unpaired) electrons. The van der Waals surface area contributed by atoms with Gasteiger partial charge in [-0.2, -0.15) is 0 Å². The minimum Gasteiger partial charge on any atom is -0.394 e. The highest BCUT2D eigenvalue weighted by atomic mass is 16.5. The molecule has 0 bridgehead atoms. The van der Waals surface area contributed by atoms with Gasteiger partial charge in [-0.15, -0.1) is 0 Å². The molecule has 2 unspecified atom stereocenters. The van der Waals surface area contributed by atoms with E-state index in [9.17, 15) is 0 Å². The number of aliphatic hydroxyl groups excluding tert-OH is 30. The third-order valence-corrected chi connectivity index (χ3v) is 11.6. The number of hydrogen-bond acceptors (Lipinski definition) is 31. The van der Waals surface area contributed by atoms with Gasteiger partial charge in [-0.25, -0.2) is 0 Å². The van der Waals surface area contributed by atoms with Gasteiger partial charge >= 0.3 is 0 Å². The molecule has 0 aromatic rings. The van der Waals surface area contributed by atoms with E-state index in [0.717, 1.165) is 0 Å². The van der Waals surface area contributed by atoms with E-state index in [1.807, 2.05) is 0 Å². The fourth-order valence-electron chi connectivity index (χ4n) is 5.67. The average molecular weight is 1390 g/mol. The third kappa shape index (κ3) is 135. The highest BCUT2D eigenvalue weighted by molar-refractivity contribution is 4.67. The van der Waals surface area contributed by atoms with Gasteiger partial charge in [0, 0.05) is 0 Å². The molecule has 0 rings (SSSR count). The Morgan fingerprint density at radius 3 is 0.355 bits per heavy atom. The van der Waals surface area contributed by atoms with E-state index >= 15 is 0 Å². The lowest BCUT2D eigenvalue weighted by Gasteiger charge is -2.26. The Morgan fingerprint density at radius 1 is 0.161 bits per heavy atom. The van der Waals surface area contributed by atoms with Crippen molar-refractivity contribution in [1.82, 2.24) is 0 Å². The fraction of sp³-hybridized carbons (Fsp3) is 1.00. The molecule has 0 saturated carbocycles. The van der Waals surface area contributed by atoms with Crippen molar-refractivity contribution in [3.63, 3.8) is 0 Å². The van der Waals surface area contributed by atoms with Gasteiger partial charge in [-0.3, -0.25) is 0 Å². The lowest BCUT2D eigenvalue weighted by atomic mass is 9.99. The first kappa shape index (κ1) is 116. The molecule has 580 valence electrons. The number of hydrogen-bond donors (Lipinski definition) is 30. The zero-order valence-corrected chi connectivity index (χ0v) is 57.3. The average Bonchev–Trinajstić information content (AvgIpc) is 3.53. The molecule has 31 heteroatoms. The molecular formula is C62H146O31. The number of unbranched alkanes of at least 4 members (excludes halogenated alkanes) is 18. The van der Waals surface area contributed by atoms with Crippen molar-refractivity contribution in [2.24, 2.45) is 0 Å². The molecule has 30 N–H and O–H groups in total. The Bertz CT molecular complexity index is 906. The van der Waals surface area contributed by atoms with Crippen molar-refractivity contribution in [1.29, 1.82) is 0 Å². The topological polar surface area (TPSA) is 616 Å². The number of ether oxygens (including phenoxy) is 1. The van der Waals surface area contributed by atoms with Crippen LogP contribution in [0.5, 0.6) is 0 Å². The zero-order chi connectivity index (χ0) is 74.2. The Balaban J connectivity index is -0.000000101. The predicted octanol–water partition coefficient (Wildman–Crippen LogP) is -4.72. The van der Waals surface area contributed by atoms with Gasteiger partial charge in [-0.1, -0.05) is 169 Å². The molecule has 0 saturated heterocycles. The van der Waals surface area contributed by atoms with Gasteiger partial charge < -0.3 is 158 Å². The molecule has 0 heterocycles. The van der Waals surface area contributed by atoms with Crippen LogP contribution in [0.25, 0.3) is 0 Å². The lowest BCUT2D eigenvalue weighted by Crippen LogP contribution is -2.23. The molecule has 0 aliphatic carbocycles. The van der Waals surface area contributed by atoms with Crippen LogP contribution < -0.4 is 0 Å². The molecule has 0 spiro atoms. The maximum atomic E-state index is 8.17. The third-order valence-electron chi connectivity index (χ3n) is 11.6. The summed E-state index contributed by atoms with van der Waals surface area (Å²) in [6.45, 7) is 1.97. The molecule has 0 aromatic carbocycles. The summed E-state index contributed by atoms with van der Waals surface area (Å²) in [4.78, 5) is 0. The summed E-state index contributed by atoms with van der Waals surface area (Å²) < 4.78 is 6.90. The largest absolute Gasteiger partial charge is 0.394 e. The summed E-state index contributed by atoms with van der Waals surface area (Å²) in [5.74, 6) is 0. The molecule has 0 aliphatic heterocycles. The predicted molar refractivity (Wildman–Crippen MR) is 353 cm³/mol. The van der Waals surface area contributed by atoms with Crippen LogP contribution in [0.2, 0.25) is 0 Å². The van der Waals surface area contributed by atoms with Crippen LogP contribution in [0, 0.1) is 0 Å². The molecular weight excluding hydrogens is 1240 g/mol. The number of rotatable bonds is 48. The molecule has 31 nitrogen and oxygen atoms in total. The molecule has 93 heavy (non-hydrogen) atoms. The van der Waals surface area contributed by atoms with Crippen molar-refractivity contribution in [2.75, 3.05) is 132 Å². The summed E-state index contributed by atoms with van der Waals surface area (Å²) in [5, 5.41) is 240. The summed E-state index contributed by atoms with van der Waals surface area (Å²) in [5.41, 5.74) is 0. The van der Waals surface area contributed by atoms with Crippen LogP contribution in [-0.4, -0.2) is 359 Å². The van der Waals surface area contributed by atoms with Crippen molar-refractivity contribution in [3.8, 4) is 0 Å². The zero-order valence-electron chi connectivity index (χ0n) is 57.3. The van der Waals surface area contributed by atoms with Crippen LogP contribution in [0.4, 0.5) is 0 Å². The molecule has 0 fully saturated rings. The van der Waals surface area contributed by atoms with E-state index in [4.69, 9.17) is 158 Å². The molecule has 0 aliphatic rings. The lowest BCUT2D eigenvalue weighted by molar-refractivity contribution is -0.0324. The van der Waals surface area contributed by atoms with Crippen molar-refractivity contribution in [2.45, 2.75) is 268 Å². The Hall–Kier alpha value is -1.24. The highest BCUT2D eigenvalue weighted by Crippen LogP contribution is 2.23. The van der Waals surface area contributed by atoms with Gasteiger partial charge in [0.15, 0.2) is 0 Å². The Labute approximate surface area is 556 Å². The standard InChI is InChI=1S/C32H66O.10C3H8O3/c1-5-9-13-17-19-21-25-29-31(27-23-15-11-7-3)33-32(28-24-16-12-8-4)30-26-22-20-18-14-10-6-2;10*4-1-3(6)2-5/h31-32H,5-30H2,1-4H3;10*3-6H,1-2H2. The van der Waals surface area contributed by atoms with Gasteiger partial charge in [0.05, 0.1) is 144 Å². The monoisotopic (exact) mass is 1390 g/mol. The van der Waals surface area contributed by atoms with E-state index in [-0.39, 0.29) is 132 Å².